The van der Waals surface area contributed by atoms with E-state index in [0.29, 0.717) is 34.8 Å². The number of rotatable bonds is 1. The molecule has 2 aromatic rings. The van der Waals surface area contributed by atoms with Gasteiger partial charge in [-0.05, 0) is 38.0 Å². The summed E-state index contributed by atoms with van der Waals surface area (Å²) in [4.78, 5) is 16.9. The molecule has 0 aliphatic heterocycles. The third kappa shape index (κ3) is 1.93. The number of aryl methyl sites for hydroxylation is 1. The van der Waals surface area contributed by atoms with Gasteiger partial charge in [0.05, 0.1) is 11.1 Å². The van der Waals surface area contributed by atoms with Crippen molar-refractivity contribution in [2.24, 2.45) is 0 Å². The van der Waals surface area contributed by atoms with Crippen molar-refractivity contribution in [3.8, 4) is 0 Å². The van der Waals surface area contributed by atoms with Crippen LogP contribution >= 0.6 is 11.6 Å². The maximum atomic E-state index is 14.0. The van der Waals surface area contributed by atoms with Gasteiger partial charge in [-0.15, -0.1) is 0 Å². The summed E-state index contributed by atoms with van der Waals surface area (Å²) in [5, 5.41) is 0.381. The molecule has 0 bridgehead atoms. The van der Waals surface area contributed by atoms with Crippen LogP contribution in [0, 0.1) is 5.82 Å². The Labute approximate surface area is 121 Å². The second-order valence-electron chi connectivity index (χ2n) is 5.27. The van der Waals surface area contributed by atoms with E-state index in [9.17, 15) is 9.18 Å². The molecule has 1 aromatic carbocycles. The molecule has 1 atom stereocenters. The van der Waals surface area contributed by atoms with Crippen LogP contribution in [0.2, 0.25) is 5.15 Å². The lowest BCUT2D eigenvalue weighted by Crippen LogP contribution is -2.38. The molecule has 1 aliphatic carbocycles. The molecule has 2 nitrogen and oxygen atoms in total. The molecule has 3 rings (SSSR count). The number of fused-ring (bicyclic) bond motifs is 1. The highest BCUT2D eigenvalue weighted by molar-refractivity contribution is 6.29. The molecule has 0 radical (unpaired) electrons. The molecule has 1 aromatic heterocycles. The van der Waals surface area contributed by atoms with Crippen molar-refractivity contribution in [3.63, 3.8) is 0 Å². The molecule has 0 N–H and O–H groups in total. The van der Waals surface area contributed by atoms with E-state index in [2.05, 4.69) is 4.98 Å². The Bertz CT molecular complexity index is 701. The maximum Gasteiger partial charge on any atom is 0.175 e. The van der Waals surface area contributed by atoms with Crippen LogP contribution in [0.15, 0.2) is 36.4 Å². The molecule has 0 spiro atoms. The second-order valence-corrected chi connectivity index (χ2v) is 5.66. The molecular formula is C16H13ClFNO. The van der Waals surface area contributed by atoms with E-state index in [1.165, 1.54) is 6.07 Å². The van der Waals surface area contributed by atoms with Gasteiger partial charge in [-0.25, -0.2) is 9.37 Å². The van der Waals surface area contributed by atoms with Crippen LogP contribution < -0.4 is 0 Å². The van der Waals surface area contributed by atoms with Gasteiger partial charge in [0.1, 0.15) is 11.0 Å². The number of hydrogen-bond donors (Lipinski definition) is 0. The van der Waals surface area contributed by atoms with Crippen LogP contribution in [0.25, 0.3) is 0 Å². The number of carbonyl (C=O) groups is 1. The van der Waals surface area contributed by atoms with Gasteiger partial charge in [0.15, 0.2) is 5.78 Å². The molecule has 0 saturated heterocycles. The highest BCUT2D eigenvalue weighted by Crippen LogP contribution is 2.39. The van der Waals surface area contributed by atoms with Gasteiger partial charge in [0, 0.05) is 11.1 Å². The van der Waals surface area contributed by atoms with Crippen LogP contribution in [0.1, 0.15) is 35.0 Å². The van der Waals surface area contributed by atoms with Crippen LogP contribution in [-0.4, -0.2) is 10.8 Å². The lowest BCUT2D eigenvalue weighted by atomic mass is 9.69. The fourth-order valence-electron chi connectivity index (χ4n) is 2.82. The van der Waals surface area contributed by atoms with Crippen LogP contribution in [-0.2, 0) is 11.8 Å². The largest absolute Gasteiger partial charge is 0.293 e. The van der Waals surface area contributed by atoms with E-state index >= 15 is 0 Å². The summed E-state index contributed by atoms with van der Waals surface area (Å²) in [5.74, 6) is -0.429. The number of aromatic nitrogens is 1. The summed E-state index contributed by atoms with van der Waals surface area (Å²) >= 11 is 5.86. The molecule has 0 amide bonds. The van der Waals surface area contributed by atoms with Gasteiger partial charge in [0.2, 0.25) is 0 Å². The smallest absolute Gasteiger partial charge is 0.175 e. The van der Waals surface area contributed by atoms with Crippen molar-refractivity contribution >= 4 is 17.4 Å². The summed E-state index contributed by atoms with van der Waals surface area (Å²) in [5.41, 5.74) is 0.863. The number of hydrogen-bond acceptors (Lipinski definition) is 2. The van der Waals surface area contributed by atoms with E-state index in [1.54, 1.807) is 37.3 Å². The number of pyridine rings is 1. The van der Waals surface area contributed by atoms with E-state index < -0.39 is 5.41 Å². The number of nitrogens with zero attached hydrogens (tertiary/aromatic N) is 1. The predicted octanol–water partition coefficient (Wildman–Crippen LogP) is 3.96. The molecule has 1 aliphatic rings. The SMILES string of the molecule is CC1(c2ccccc2F)CCc2nc(Cl)ccc2C1=O. The first-order valence-corrected chi connectivity index (χ1v) is 6.85. The average molecular weight is 290 g/mol. The average Bonchev–Trinajstić information content (AvgIpc) is 2.44. The number of carbonyl (C=O) groups excluding carboxylic acids is 1. The molecular weight excluding hydrogens is 277 g/mol. The van der Waals surface area contributed by atoms with Crippen molar-refractivity contribution in [2.45, 2.75) is 25.2 Å². The number of halogens is 2. The molecule has 1 unspecified atom stereocenters. The third-order valence-electron chi connectivity index (χ3n) is 4.02. The van der Waals surface area contributed by atoms with Crippen LogP contribution in [0.3, 0.4) is 0 Å². The highest BCUT2D eigenvalue weighted by Gasteiger charge is 2.41. The summed E-state index contributed by atoms with van der Waals surface area (Å²) in [7, 11) is 0. The standard InChI is InChI=1S/C16H13ClFNO/c1-16(11-4-2-3-5-12(11)18)9-8-13-10(15(16)20)6-7-14(17)19-13/h2-7H,8-9H2,1H3. The molecule has 0 fully saturated rings. The van der Waals surface area contributed by atoms with Gasteiger partial charge >= 0.3 is 0 Å². The van der Waals surface area contributed by atoms with Gasteiger partial charge in [-0.3, -0.25) is 4.79 Å². The van der Waals surface area contributed by atoms with Crippen molar-refractivity contribution < 1.29 is 9.18 Å². The van der Waals surface area contributed by atoms with Crippen molar-refractivity contribution in [1.82, 2.24) is 4.98 Å². The van der Waals surface area contributed by atoms with Gasteiger partial charge < -0.3 is 0 Å². The van der Waals surface area contributed by atoms with Gasteiger partial charge in [-0.2, -0.15) is 0 Å². The van der Waals surface area contributed by atoms with E-state index in [0.717, 1.165) is 0 Å². The monoisotopic (exact) mass is 289 g/mol. The summed E-state index contributed by atoms with van der Waals surface area (Å²) in [6.45, 7) is 1.80. The second kappa shape index (κ2) is 4.67. The van der Waals surface area contributed by atoms with Gasteiger partial charge in [-0.1, -0.05) is 29.8 Å². The fourth-order valence-corrected chi connectivity index (χ4v) is 2.98. The summed E-state index contributed by atoms with van der Waals surface area (Å²) in [6.07, 6.45) is 1.15. The first-order valence-electron chi connectivity index (χ1n) is 6.47. The third-order valence-corrected chi connectivity index (χ3v) is 4.23. The molecule has 0 saturated carbocycles. The Balaban J connectivity index is 2.12. The van der Waals surface area contributed by atoms with Crippen molar-refractivity contribution in [1.29, 1.82) is 0 Å². The Hall–Kier alpha value is -1.74. The van der Waals surface area contributed by atoms with E-state index in [-0.39, 0.29) is 11.6 Å². The van der Waals surface area contributed by atoms with Crippen LogP contribution in [0.4, 0.5) is 4.39 Å². The number of ketones is 1. The Morgan fingerprint density at radius 2 is 2.00 bits per heavy atom. The number of benzene rings is 1. The zero-order valence-corrected chi connectivity index (χ0v) is 11.7. The minimum Gasteiger partial charge on any atom is -0.293 e. The first-order chi connectivity index (χ1) is 9.52. The van der Waals surface area contributed by atoms with Crippen molar-refractivity contribution in [2.75, 3.05) is 0 Å². The normalized spacial score (nSPS) is 21.6. The van der Waals surface area contributed by atoms with E-state index in [1.807, 2.05) is 0 Å². The summed E-state index contributed by atoms with van der Waals surface area (Å²) < 4.78 is 14.0. The minimum absolute atomic E-state index is 0.0898. The molecule has 20 heavy (non-hydrogen) atoms. The highest BCUT2D eigenvalue weighted by atomic mass is 35.5. The lowest BCUT2D eigenvalue weighted by molar-refractivity contribution is 0.0870. The van der Waals surface area contributed by atoms with Gasteiger partial charge in [0.25, 0.3) is 0 Å². The van der Waals surface area contributed by atoms with Crippen LogP contribution in [0.5, 0.6) is 0 Å². The van der Waals surface area contributed by atoms with E-state index in [4.69, 9.17) is 11.6 Å². The molecule has 4 heteroatoms. The zero-order chi connectivity index (χ0) is 14.3. The quantitative estimate of drug-likeness (QED) is 0.744. The Kier molecular flexibility index (Phi) is 3.09. The fraction of sp³-hybridized carbons (Fsp3) is 0.250. The molecule has 102 valence electrons. The van der Waals surface area contributed by atoms with Crippen molar-refractivity contribution in [3.05, 3.63) is 64.2 Å². The zero-order valence-electron chi connectivity index (χ0n) is 11.0. The lowest BCUT2D eigenvalue weighted by Gasteiger charge is -2.33. The number of Topliss-reactive ketones (excluding diaryl/α,β-unsaturated/α-hetero) is 1. The summed E-state index contributed by atoms with van der Waals surface area (Å²) in [6, 6.07) is 9.75. The topological polar surface area (TPSA) is 30.0 Å². The predicted molar refractivity (Wildman–Crippen MR) is 75.7 cm³/mol. The Morgan fingerprint density at radius 1 is 1.25 bits per heavy atom. The maximum absolute atomic E-state index is 14.0. The first kappa shape index (κ1) is 13.3. The minimum atomic E-state index is -0.839. The molecule has 1 heterocycles. The Morgan fingerprint density at radius 3 is 2.75 bits per heavy atom.